The molecule has 0 fully saturated rings. The summed E-state index contributed by atoms with van der Waals surface area (Å²) in [6.45, 7) is 2.95. The van der Waals surface area contributed by atoms with Gasteiger partial charge in [0.15, 0.2) is 5.69 Å². The van der Waals surface area contributed by atoms with E-state index in [4.69, 9.17) is 4.42 Å². The molecule has 6 heteroatoms. The number of benzene rings is 1. The monoisotopic (exact) mass is 310 g/mol. The summed E-state index contributed by atoms with van der Waals surface area (Å²) in [6.07, 6.45) is 2.27. The minimum absolute atomic E-state index is 0.214. The molecule has 0 saturated carbocycles. The lowest BCUT2D eigenvalue weighted by atomic mass is 10.2. The molecular formula is C17H18N4O2. The van der Waals surface area contributed by atoms with Gasteiger partial charge in [0.05, 0.1) is 18.5 Å². The average Bonchev–Trinajstić information content (AvgIpc) is 3.19. The van der Waals surface area contributed by atoms with Gasteiger partial charge in [0, 0.05) is 13.0 Å². The van der Waals surface area contributed by atoms with Crippen molar-refractivity contribution in [3.63, 3.8) is 0 Å². The lowest BCUT2D eigenvalue weighted by Crippen LogP contribution is -2.26. The summed E-state index contributed by atoms with van der Waals surface area (Å²) in [5.74, 6) is 0.628. The highest BCUT2D eigenvalue weighted by Crippen LogP contribution is 2.08. The molecule has 0 unspecified atom stereocenters. The maximum Gasteiger partial charge on any atom is 0.273 e. The first-order valence-electron chi connectivity index (χ1n) is 7.48. The summed E-state index contributed by atoms with van der Waals surface area (Å²) in [5.41, 5.74) is 2.23. The van der Waals surface area contributed by atoms with Gasteiger partial charge in [-0.1, -0.05) is 35.5 Å². The quantitative estimate of drug-likeness (QED) is 0.757. The number of aromatic nitrogens is 3. The van der Waals surface area contributed by atoms with Crippen molar-refractivity contribution in [3.05, 3.63) is 71.4 Å². The molecule has 6 nitrogen and oxygen atoms in total. The predicted octanol–water partition coefficient (Wildman–Crippen LogP) is 2.20. The van der Waals surface area contributed by atoms with Gasteiger partial charge in [0.2, 0.25) is 0 Å². The number of hydrogen-bond donors (Lipinski definition) is 1. The summed E-state index contributed by atoms with van der Waals surface area (Å²) in [6, 6.07) is 13.7. The normalized spacial score (nSPS) is 10.7. The van der Waals surface area contributed by atoms with Gasteiger partial charge in [-0.2, -0.15) is 0 Å². The van der Waals surface area contributed by atoms with E-state index >= 15 is 0 Å². The van der Waals surface area contributed by atoms with Crippen LogP contribution in [0.5, 0.6) is 0 Å². The Morgan fingerprint density at radius 2 is 2.04 bits per heavy atom. The molecule has 1 N–H and O–H groups in total. The average molecular weight is 310 g/mol. The third kappa shape index (κ3) is 3.66. The number of nitrogens with one attached hydrogen (secondary N) is 1. The maximum atomic E-state index is 12.2. The van der Waals surface area contributed by atoms with Crippen molar-refractivity contribution in [2.24, 2.45) is 0 Å². The number of nitrogens with zero attached hydrogens (tertiary/aromatic N) is 3. The van der Waals surface area contributed by atoms with Crippen LogP contribution in [0.25, 0.3) is 0 Å². The van der Waals surface area contributed by atoms with Gasteiger partial charge in [-0.05, 0) is 24.6 Å². The molecule has 0 atom stereocenters. The summed E-state index contributed by atoms with van der Waals surface area (Å²) in [4.78, 5) is 12.2. The molecule has 1 aromatic carbocycles. The smallest absolute Gasteiger partial charge is 0.273 e. The van der Waals surface area contributed by atoms with Crippen molar-refractivity contribution in [3.8, 4) is 0 Å². The van der Waals surface area contributed by atoms with E-state index in [0.717, 1.165) is 17.0 Å². The van der Waals surface area contributed by atoms with Gasteiger partial charge in [-0.15, -0.1) is 5.10 Å². The van der Waals surface area contributed by atoms with Crippen LogP contribution in [-0.4, -0.2) is 27.4 Å². The molecule has 23 heavy (non-hydrogen) atoms. The maximum absolute atomic E-state index is 12.2. The molecule has 0 aliphatic rings. The summed E-state index contributed by atoms with van der Waals surface area (Å²) in [7, 11) is 0. The molecule has 0 spiro atoms. The van der Waals surface area contributed by atoms with Crippen LogP contribution in [0.4, 0.5) is 0 Å². The Hall–Kier alpha value is -2.89. The van der Waals surface area contributed by atoms with Crippen LogP contribution in [-0.2, 0) is 13.0 Å². The molecule has 118 valence electrons. The van der Waals surface area contributed by atoms with E-state index in [2.05, 4.69) is 15.6 Å². The fourth-order valence-corrected chi connectivity index (χ4v) is 2.31. The largest absolute Gasteiger partial charge is 0.469 e. The molecule has 1 amide bonds. The van der Waals surface area contributed by atoms with Crippen LogP contribution in [0.15, 0.2) is 53.1 Å². The lowest BCUT2D eigenvalue weighted by molar-refractivity contribution is 0.0948. The van der Waals surface area contributed by atoms with Crippen molar-refractivity contribution >= 4 is 5.91 Å². The van der Waals surface area contributed by atoms with Crippen LogP contribution in [0.1, 0.15) is 27.5 Å². The fourth-order valence-electron chi connectivity index (χ4n) is 2.31. The van der Waals surface area contributed by atoms with Crippen LogP contribution in [0.2, 0.25) is 0 Å². The molecule has 3 aromatic rings. The van der Waals surface area contributed by atoms with Crippen LogP contribution in [0.3, 0.4) is 0 Å². The van der Waals surface area contributed by atoms with Crippen molar-refractivity contribution < 1.29 is 9.21 Å². The Balaban J connectivity index is 1.60. The molecule has 2 heterocycles. The van der Waals surface area contributed by atoms with Gasteiger partial charge in [-0.3, -0.25) is 4.79 Å². The van der Waals surface area contributed by atoms with Crippen LogP contribution in [0, 0.1) is 6.92 Å². The number of amides is 1. The van der Waals surface area contributed by atoms with E-state index < -0.39 is 0 Å². The van der Waals surface area contributed by atoms with E-state index in [1.807, 2.05) is 49.4 Å². The van der Waals surface area contributed by atoms with E-state index in [9.17, 15) is 4.79 Å². The SMILES string of the molecule is Cc1c(C(=O)NCCc2ccco2)nnn1Cc1ccccc1. The zero-order valence-electron chi connectivity index (χ0n) is 12.9. The summed E-state index contributed by atoms with van der Waals surface area (Å²) >= 11 is 0. The Bertz CT molecular complexity index is 763. The molecule has 0 bridgehead atoms. The highest BCUT2D eigenvalue weighted by molar-refractivity contribution is 5.93. The zero-order chi connectivity index (χ0) is 16.1. The summed E-state index contributed by atoms with van der Waals surface area (Å²) in [5, 5.41) is 10.9. The second-order valence-corrected chi connectivity index (χ2v) is 5.25. The first-order chi connectivity index (χ1) is 11.2. The Morgan fingerprint density at radius 1 is 1.22 bits per heavy atom. The number of rotatable bonds is 6. The van der Waals surface area contributed by atoms with Gasteiger partial charge in [-0.25, -0.2) is 4.68 Å². The third-order valence-corrected chi connectivity index (χ3v) is 3.61. The van der Waals surface area contributed by atoms with Crippen molar-refractivity contribution in [1.29, 1.82) is 0 Å². The Labute approximate surface area is 134 Å². The minimum Gasteiger partial charge on any atom is -0.469 e. The van der Waals surface area contributed by atoms with Gasteiger partial charge in [0.25, 0.3) is 5.91 Å². The van der Waals surface area contributed by atoms with E-state index in [0.29, 0.717) is 25.2 Å². The highest BCUT2D eigenvalue weighted by atomic mass is 16.3. The van der Waals surface area contributed by atoms with Crippen molar-refractivity contribution in [2.75, 3.05) is 6.54 Å². The molecule has 0 radical (unpaired) electrons. The molecule has 0 saturated heterocycles. The van der Waals surface area contributed by atoms with E-state index in [-0.39, 0.29) is 5.91 Å². The minimum atomic E-state index is -0.214. The fraction of sp³-hybridized carbons (Fsp3) is 0.235. The second kappa shape index (κ2) is 6.91. The Morgan fingerprint density at radius 3 is 2.78 bits per heavy atom. The first kappa shape index (κ1) is 15.0. The number of hydrogen-bond acceptors (Lipinski definition) is 4. The molecule has 0 aliphatic heterocycles. The van der Waals surface area contributed by atoms with Gasteiger partial charge >= 0.3 is 0 Å². The molecule has 2 aromatic heterocycles. The predicted molar refractivity (Wildman–Crippen MR) is 85.0 cm³/mol. The van der Waals surface area contributed by atoms with Crippen molar-refractivity contribution in [2.45, 2.75) is 19.9 Å². The van der Waals surface area contributed by atoms with E-state index in [1.165, 1.54) is 0 Å². The van der Waals surface area contributed by atoms with Gasteiger partial charge < -0.3 is 9.73 Å². The summed E-state index contributed by atoms with van der Waals surface area (Å²) < 4.78 is 6.96. The Kier molecular flexibility index (Phi) is 4.52. The first-order valence-corrected chi connectivity index (χ1v) is 7.48. The standard InChI is InChI=1S/C17H18N4O2/c1-13-16(17(22)18-10-9-15-8-5-11-23-15)19-20-21(13)12-14-6-3-2-4-7-14/h2-8,11H,9-10,12H2,1H3,(H,18,22). The van der Waals surface area contributed by atoms with Crippen LogP contribution >= 0.6 is 0 Å². The van der Waals surface area contributed by atoms with Crippen molar-refractivity contribution in [1.82, 2.24) is 20.3 Å². The highest BCUT2D eigenvalue weighted by Gasteiger charge is 2.16. The van der Waals surface area contributed by atoms with E-state index in [1.54, 1.807) is 10.9 Å². The zero-order valence-corrected chi connectivity index (χ0v) is 12.9. The lowest BCUT2D eigenvalue weighted by Gasteiger charge is -2.05. The number of furan rings is 1. The molecule has 3 rings (SSSR count). The second-order valence-electron chi connectivity index (χ2n) is 5.25. The molecular weight excluding hydrogens is 292 g/mol. The molecule has 0 aliphatic carbocycles. The third-order valence-electron chi connectivity index (χ3n) is 3.61. The topological polar surface area (TPSA) is 73.0 Å². The number of carbonyl (C=O) groups excluding carboxylic acids is 1. The van der Waals surface area contributed by atoms with Crippen LogP contribution < -0.4 is 5.32 Å². The van der Waals surface area contributed by atoms with Gasteiger partial charge in [0.1, 0.15) is 5.76 Å². The number of carbonyl (C=O) groups is 1.